The number of nitrogens with one attached hydrogen (secondary N) is 1. The fraction of sp³-hybridized carbons (Fsp3) is 0.400. The maximum atomic E-state index is 11.6. The molecule has 0 spiro atoms. The Balaban J connectivity index is 1.81. The molecule has 1 aliphatic rings. The fourth-order valence-corrected chi connectivity index (χ4v) is 2.10. The Morgan fingerprint density at radius 1 is 1.37 bits per heavy atom. The summed E-state index contributed by atoms with van der Waals surface area (Å²) >= 11 is 0. The van der Waals surface area contributed by atoms with Crippen LogP contribution >= 0.6 is 0 Å². The van der Waals surface area contributed by atoms with Crippen molar-refractivity contribution >= 4 is 12.0 Å². The third-order valence-corrected chi connectivity index (χ3v) is 3.15. The van der Waals surface area contributed by atoms with Gasteiger partial charge in [0.05, 0.1) is 13.2 Å². The van der Waals surface area contributed by atoms with Crippen molar-refractivity contribution in [3.8, 4) is 5.75 Å². The lowest BCUT2D eigenvalue weighted by Gasteiger charge is -2.09. The number of benzene rings is 1. The first-order chi connectivity index (χ1) is 9.28. The van der Waals surface area contributed by atoms with Crippen LogP contribution in [0.1, 0.15) is 31.2 Å². The predicted octanol–water partition coefficient (Wildman–Crippen LogP) is 2.70. The summed E-state index contributed by atoms with van der Waals surface area (Å²) in [6.07, 6.45) is 7.79. The van der Waals surface area contributed by atoms with E-state index in [4.69, 9.17) is 9.57 Å². The number of carbonyl (C=O) groups is 1. The second kappa shape index (κ2) is 6.95. The van der Waals surface area contributed by atoms with E-state index in [0.717, 1.165) is 24.2 Å². The average molecular weight is 261 g/mol. The number of hydrogen-bond donors (Lipinski definition) is 1. The Kier molecular flexibility index (Phi) is 4.98. The van der Waals surface area contributed by atoms with Crippen molar-refractivity contribution < 1.29 is 14.4 Å². The van der Waals surface area contributed by atoms with E-state index in [1.54, 1.807) is 13.2 Å². The molecule has 19 heavy (non-hydrogen) atoms. The van der Waals surface area contributed by atoms with Gasteiger partial charge in [-0.1, -0.05) is 25.0 Å². The predicted molar refractivity (Wildman–Crippen MR) is 73.5 cm³/mol. The summed E-state index contributed by atoms with van der Waals surface area (Å²) in [6, 6.07) is 7.51. The monoisotopic (exact) mass is 261 g/mol. The molecule has 0 unspecified atom stereocenters. The molecule has 2 rings (SSSR count). The van der Waals surface area contributed by atoms with Gasteiger partial charge >= 0.3 is 0 Å². The summed E-state index contributed by atoms with van der Waals surface area (Å²) in [5.41, 5.74) is 3.38. The lowest BCUT2D eigenvalue weighted by Crippen LogP contribution is -2.26. The number of hydrogen-bond acceptors (Lipinski definition) is 3. The van der Waals surface area contributed by atoms with E-state index in [9.17, 15) is 4.79 Å². The Hall–Kier alpha value is -1.81. The van der Waals surface area contributed by atoms with Crippen LogP contribution in [0.15, 0.2) is 30.3 Å². The topological polar surface area (TPSA) is 47.6 Å². The van der Waals surface area contributed by atoms with Crippen molar-refractivity contribution in [1.82, 2.24) is 5.48 Å². The molecule has 1 aromatic rings. The molecule has 0 atom stereocenters. The van der Waals surface area contributed by atoms with E-state index in [1.807, 2.05) is 24.3 Å². The van der Waals surface area contributed by atoms with E-state index in [0.29, 0.717) is 0 Å². The number of amides is 1. The van der Waals surface area contributed by atoms with E-state index < -0.39 is 0 Å². The molecule has 4 heteroatoms. The maximum absolute atomic E-state index is 11.6. The van der Waals surface area contributed by atoms with Crippen LogP contribution in [0.3, 0.4) is 0 Å². The minimum atomic E-state index is -0.241. The van der Waals surface area contributed by atoms with E-state index in [1.165, 1.54) is 18.9 Å². The number of ether oxygens (including phenoxy) is 1. The third kappa shape index (κ3) is 4.41. The molecule has 1 aliphatic carbocycles. The van der Waals surface area contributed by atoms with Crippen molar-refractivity contribution in [1.29, 1.82) is 0 Å². The van der Waals surface area contributed by atoms with Crippen LogP contribution in [-0.2, 0) is 9.63 Å². The molecule has 1 saturated carbocycles. The van der Waals surface area contributed by atoms with Gasteiger partial charge in [-0.3, -0.25) is 9.63 Å². The molecule has 0 aromatic heterocycles. The third-order valence-electron chi connectivity index (χ3n) is 3.15. The number of carbonyl (C=O) groups excluding carboxylic acids is 1. The minimum Gasteiger partial charge on any atom is -0.497 e. The first-order valence-electron chi connectivity index (χ1n) is 6.55. The van der Waals surface area contributed by atoms with Crippen LogP contribution in [-0.4, -0.2) is 19.1 Å². The molecule has 0 aliphatic heterocycles. The minimum absolute atomic E-state index is 0.175. The zero-order chi connectivity index (χ0) is 13.5. The number of methoxy groups -OCH3 is 1. The SMILES string of the molecule is COc1cccc(/C=C/C(=O)NOC2CCCC2)c1. The van der Waals surface area contributed by atoms with Crippen LogP contribution in [0.4, 0.5) is 0 Å². The molecule has 1 amide bonds. The number of rotatable bonds is 5. The standard InChI is InChI=1S/C15H19NO3/c1-18-14-8-4-5-12(11-14)9-10-15(17)16-19-13-6-2-3-7-13/h4-5,8-11,13H,2-3,6-7H2,1H3,(H,16,17)/b10-9+. The smallest absolute Gasteiger partial charge is 0.267 e. The van der Waals surface area contributed by atoms with Gasteiger partial charge < -0.3 is 4.74 Å². The first-order valence-corrected chi connectivity index (χ1v) is 6.55. The van der Waals surface area contributed by atoms with Gasteiger partial charge in [0.15, 0.2) is 0 Å². The summed E-state index contributed by atoms with van der Waals surface area (Å²) in [5.74, 6) is 0.527. The highest BCUT2D eigenvalue weighted by molar-refractivity contribution is 5.91. The molecule has 1 aromatic carbocycles. The molecule has 1 fully saturated rings. The summed E-state index contributed by atoms with van der Waals surface area (Å²) in [7, 11) is 1.62. The lowest BCUT2D eigenvalue weighted by molar-refractivity contribution is -0.132. The maximum Gasteiger partial charge on any atom is 0.267 e. The molecular weight excluding hydrogens is 242 g/mol. The van der Waals surface area contributed by atoms with Crippen molar-refractivity contribution in [2.45, 2.75) is 31.8 Å². The van der Waals surface area contributed by atoms with Gasteiger partial charge in [-0.2, -0.15) is 0 Å². The normalized spacial score (nSPS) is 15.8. The van der Waals surface area contributed by atoms with Crippen molar-refractivity contribution in [3.63, 3.8) is 0 Å². The summed E-state index contributed by atoms with van der Waals surface area (Å²) in [5, 5.41) is 0. The molecule has 0 saturated heterocycles. The summed E-state index contributed by atoms with van der Waals surface area (Å²) < 4.78 is 5.12. The molecule has 102 valence electrons. The Bertz CT molecular complexity index is 450. The molecule has 1 N–H and O–H groups in total. The average Bonchev–Trinajstić information content (AvgIpc) is 2.96. The molecule has 0 radical (unpaired) electrons. The van der Waals surface area contributed by atoms with Gasteiger partial charge in [-0.15, -0.1) is 0 Å². The van der Waals surface area contributed by atoms with Crippen LogP contribution in [0.5, 0.6) is 5.75 Å². The lowest BCUT2D eigenvalue weighted by atomic mass is 10.2. The van der Waals surface area contributed by atoms with E-state index >= 15 is 0 Å². The highest BCUT2D eigenvalue weighted by Gasteiger charge is 2.16. The van der Waals surface area contributed by atoms with Gasteiger partial charge in [-0.05, 0) is 36.6 Å². The van der Waals surface area contributed by atoms with Crippen molar-refractivity contribution in [2.75, 3.05) is 7.11 Å². The van der Waals surface area contributed by atoms with Crippen LogP contribution < -0.4 is 10.2 Å². The molecule has 0 heterocycles. The van der Waals surface area contributed by atoms with Gasteiger partial charge in [0, 0.05) is 6.08 Å². The largest absolute Gasteiger partial charge is 0.497 e. The second-order valence-electron chi connectivity index (χ2n) is 4.60. The van der Waals surface area contributed by atoms with Gasteiger partial charge in [0.25, 0.3) is 5.91 Å². The molecule has 0 bridgehead atoms. The number of hydroxylamine groups is 1. The van der Waals surface area contributed by atoms with Crippen molar-refractivity contribution in [2.24, 2.45) is 0 Å². The highest BCUT2D eigenvalue weighted by Crippen LogP contribution is 2.19. The highest BCUT2D eigenvalue weighted by atomic mass is 16.7. The second-order valence-corrected chi connectivity index (χ2v) is 4.60. The fourth-order valence-electron chi connectivity index (χ4n) is 2.10. The summed E-state index contributed by atoms with van der Waals surface area (Å²) in [4.78, 5) is 16.9. The van der Waals surface area contributed by atoms with Crippen LogP contribution in [0, 0.1) is 0 Å². The Morgan fingerprint density at radius 3 is 2.89 bits per heavy atom. The van der Waals surface area contributed by atoms with E-state index in [2.05, 4.69) is 5.48 Å². The molecule has 4 nitrogen and oxygen atoms in total. The van der Waals surface area contributed by atoms with Crippen LogP contribution in [0.25, 0.3) is 6.08 Å². The zero-order valence-corrected chi connectivity index (χ0v) is 11.1. The van der Waals surface area contributed by atoms with Gasteiger partial charge in [-0.25, -0.2) is 5.48 Å². The zero-order valence-electron chi connectivity index (χ0n) is 11.1. The molecular formula is C15H19NO3. The Labute approximate surface area is 113 Å². The van der Waals surface area contributed by atoms with Crippen LogP contribution in [0.2, 0.25) is 0 Å². The Morgan fingerprint density at radius 2 is 2.16 bits per heavy atom. The first kappa shape index (κ1) is 13.6. The van der Waals surface area contributed by atoms with Crippen molar-refractivity contribution in [3.05, 3.63) is 35.9 Å². The summed E-state index contributed by atoms with van der Waals surface area (Å²) in [6.45, 7) is 0. The van der Waals surface area contributed by atoms with Gasteiger partial charge in [0.1, 0.15) is 5.75 Å². The van der Waals surface area contributed by atoms with Gasteiger partial charge in [0.2, 0.25) is 0 Å². The quantitative estimate of drug-likeness (QED) is 0.655. The van der Waals surface area contributed by atoms with E-state index in [-0.39, 0.29) is 12.0 Å².